The fourth-order valence-electron chi connectivity index (χ4n) is 1.54. The summed E-state index contributed by atoms with van der Waals surface area (Å²) in [7, 11) is 2.03. The first-order valence-corrected chi connectivity index (χ1v) is 5.21. The van der Waals surface area contributed by atoms with Gasteiger partial charge >= 0.3 is 0 Å². The van der Waals surface area contributed by atoms with Crippen LogP contribution in [0.2, 0.25) is 0 Å². The molecule has 0 radical (unpaired) electrons. The summed E-state index contributed by atoms with van der Waals surface area (Å²) in [5, 5.41) is 3.20. The Morgan fingerprint density at radius 2 is 1.92 bits per heavy atom. The van der Waals surface area contributed by atoms with Gasteiger partial charge in [-0.05, 0) is 37.8 Å². The first-order valence-electron chi connectivity index (χ1n) is 5.21. The van der Waals surface area contributed by atoms with Gasteiger partial charge in [-0.3, -0.25) is 0 Å². The normalized spacial score (nSPS) is 16.5. The van der Waals surface area contributed by atoms with Crippen molar-refractivity contribution in [2.45, 2.75) is 47.0 Å². The van der Waals surface area contributed by atoms with Crippen molar-refractivity contribution in [3.05, 3.63) is 0 Å². The van der Waals surface area contributed by atoms with Crippen molar-refractivity contribution in [2.75, 3.05) is 13.6 Å². The molecule has 0 saturated heterocycles. The topological polar surface area (TPSA) is 12.0 Å². The smallest absolute Gasteiger partial charge is 0.00517 e. The van der Waals surface area contributed by atoms with Gasteiger partial charge < -0.3 is 5.32 Å². The van der Waals surface area contributed by atoms with E-state index >= 15 is 0 Å². The third kappa shape index (κ3) is 3.57. The number of rotatable bonds is 6. The predicted molar refractivity (Wildman–Crippen MR) is 56.4 cm³/mol. The molecule has 1 heteroatoms. The molecule has 0 aliphatic rings. The molecule has 1 nitrogen and oxygen atoms in total. The second-order valence-corrected chi connectivity index (χ2v) is 4.37. The minimum atomic E-state index is 0.552. The van der Waals surface area contributed by atoms with Gasteiger partial charge in [-0.15, -0.1) is 0 Å². The van der Waals surface area contributed by atoms with Crippen LogP contribution in [-0.2, 0) is 0 Å². The van der Waals surface area contributed by atoms with Gasteiger partial charge in [0.05, 0.1) is 0 Å². The van der Waals surface area contributed by atoms with Crippen molar-refractivity contribution < 1.29 is 0 Å². The van der Waals surface area contributed by atoms with Crippen molar-refractivity contribution in [2.24, 2.45) is 11.3 Å². The Balaban J connectivity index is 3.80. The first kappa shape index (κ1) is 12.0. The van der Waals surface area contributed by atoms with Crippen LogP contribution in [0.15, 0.2) is 0 Å². The second kappa shape index (κ2) is 5.58. The zero-order valence-electron chi connectivity index (χ0n) is 9.41. The Morgan fingerprint density at radius 1 is 1.33 bits per heavy atom. The molecular formula is C11H25N. The van der Waals surface area contributed by atoms with E-state index in [1.54, 1.807) is 0 Å². The summed E-state index contributed by atoms with van der Waals surface area (Å²) in [6.07, 6.45) is 3.95. The van der Waals surface area contributed by atoms with Crippen molar-refractivity contribution in [1.29, 1.82) is 0 Å². The molecular weight excluding hydrogens is 146 g/mol. The number of nitrogens with one attached hydrogen (secondary N) is 1. The van der Waals surface area contributed by atoms with Crippen LogP contribution in [0.4, 0.5) is 0 Å². The molecule has 1 N–H and O–H groups in total. The van der Waals surface area contributed by atoms with Crippen molar-refractivity contribution >= 4 is 0 Å². The highest BCUT2D eigenvalue weighted by Gasteiger charge is 2.24. The summed E-state index contributed by atoms with van der Waals surface area (Å²) < 4.78 is 0. The highest BCUT2D eigenvalue weighted by molar-refractivity contribution is 4.76. The quantitative estimate of drug-likeness (QED) is 0.606. The highest BCUT2D eigenvalue weighted by Crippen LogP contribution is 2.35. The molecule has 0 fully saturated rings. The van der Waals surface area contributed by atoms with E-state index in [4.69, 9.17) is 0 Å². The Morgan fingerprint density at radius 3 is 2.25 bits per heavy atom. The molecule has 74 valence electrons. The monoisotopic (exact) mass is 171 g/mol. The van der Waals surface area contributed by atoms with Crippen LogP contribution in [0.3, 0.4) is 0 Å². The molecule has 0 aliphatic heterocycles. The second-order valence-electron chi connectivity index (χ2n) is 4.37. The van der Waals surface area contributed by atoms with Gasteiger partial charge in [0.15, 0.2) is 0 Å². The predicted octanol–water partition coefficient (Wildman–Crippen LogP) is 3.06. The lowest BCUT2D eigenvalue weighted by Gasteiger charge is -2.32. The minimum absolute atomic E-state index is 0.552. The lowest BCUT2D eigenvalue weighted by molar-refractivity contribution is 0.185. The molecule has 0 bridgehead atoms. The summed E-state index contributed by atoms with van der Waals surface area (Å²) in [5.41, 5.74) is 0.552. The molecule has 0 aliphatic carbocycles. The molecule has 0 heterocycles. The minimum Gasteiger partial charge on any atom is -0.320 e. The van der Waals surface area contributed by atoms with Gasteiger partial charge in [-0.1, -0.05) is 34.1 Å². The molecule has 0 aromatic heterocycles. The maximum atomic E-state index is 3.20. The Labute approximate surface area is 77.9 Å². The van der Waals surface area contributed by atoms with Crippen molar-refractivity contribution in [1.82, 2.24) is 5.32 Å². The fourth-order valence-corrected chi connectivity index (χ4v) is 1.54. The number of hydrogen-bond donors (Lipinski definition) is 1. The summed E-state index contributed by atoms with van der Waals surface area (Å²) in [5.74, 6) is 0.805. The summed E-state index contributed by atoms with van der Waals surface area (Å²) >= 11 is 0. The molecule has 1 unspecified atom stereocenters. The zero-order chi connectivity index (χ0) is 9.61. The van der Waals surface area contributed by atoms with Gasteiger partial charge in [-0.2, -0.15) is 0 Å². The van der Waals surface area contributed by atoms with Gasteiger partial charge in [0.25, 0.3) is 0 Å². The van der Waals surface area contributed by atoms with E-state index in [1.165, 1.54) is 19.3 Å². The SMILES string of the molecule is CCC(C)(CCCNC)C(C)C. The zero-order valence-corrected chi connectivity index (χ0v) is 9.41. The lowest BCUT2D eigenvalue weighted by Crippen LogP contribution is -2.24. The average molecular weight is 171 g/mol. The molecule has 0 spiro atoms. The standard InChI is InChI=1S/C11H25N/c1-6-11(4,10(2)3)8-7-9-12-5/h10,12H,6-9H2,1-5H3. The number of hydrogen-bond acceptors (Lipinski definition) is 1. The molecule has 0 aromatic rings. The van der Waals surface area contributed by atoms with E-state index in [2.05, 4.69) is 33.0 Å². The summed E-state index contributed by atoms with van der Waals surface area (Å²) in [6, 6.07) is 0. The van der Waals surface area contributed by atoms with E-state index in [9.17, 15) is 0 Å². The van der Waals surface area contributed by atoms with E-state index in [0.717, 1.165) is 12.5 Å². The molecule has 1 atom stereocenters. The summed E-state index contributed by atoms with van der Waals surface area (Å²) in [4.78, 5) is 0. The average Bonchev–Trinajstić information content (AvgIpc) is 2.04. The molecule has 0 aromatic carbocycles. The fraction of sp³-hybridized carbons (Fsp3) is 1.00. The van der Waals surface area contributed by atoms with Crippen LogP contribution in [-0.4, -0.2) is 13.6 Å². The maximum absolute atomic E-state index is 3.20. The molecule has 12 heavy (non-hydrogen) atoms. The van der Waals surface area contributed by atoms with Crippen LogP contribution in [0.1, 0.15) is 47.0 Å². The Hall–Kier alpha value is -0.0400. The maximum Gasteiger partial charge on any atom is -0.00517 e. The Bertz CT molecular complexity index is 110. The van der Waals surface area contributed by atoms with Crippen LogP contribution >= 0.6 is 0 Å². The largest absolute Gasteiger partial charge is 0.320 e. The van der Waals surface area contributed by atoms with E-state index < -0.39 is 0 Å². The first-order chi connectivity index (χ1) is 5.56. The highest BCUT2D eigenvalue weighted by atomic mass is 14.8. The van der Waals surface area contributed by atoms with Gasteiger partial charge in [-0.25, -0.2) is 0 Å². The van der Waals surface area contributed by atoms with E-state index in [0.29, 0.717) is 5.41 Å². The summed E-state index contributed by atoms with van der Waals surface area (Å²) in [6.45, 7) is 10.5. The molecule has 0 amide bonds. The molecule has 0 rings (SSSR count). The van der Waals surface area contributed by atoms with Crippen LogP contribution in [0.5, 0.6) is 0 Å². The van der Waals surface area contributed by atoms with Gasteiger partial charge in [0, 0.05) is 0 Å². The van der Waals surface area contributed by atoms with Gasteiger partial charge in [0.1, 0.15) is 0 Å². The Kier molecular flexibility index (Phi) is 5.56. The van der Waals surface area contributed by atoms with Gasteiger partial charge in [0.2, 0.25) is 0 Å². The third-order valence-corrected chi connectivity index (χ3v) is 3.38. The van der Waals surface area contributed by atoms with Crippen molar-refractivity contribution in [3.63, 3.8) is 0 Å². The van der Waals surface area contributed by atoms with Crippen LogP contribution < -0.4 is 5.32 Å². The lowest BCUT2D eigenvalue weighted by atomic mass is 9.73. The molecule has 0 saturated carbocycles. The van der Waals surface area contributed by atoms with E-state index in [-0.39, 0.29) is 0 Å². The van der Waals surface area contributed by atoms with E-state index in [1.807, 2.05) is 7.05 Å². The van der Waals surface area contributed by atoms with Crippen LogP contribution in [0, 0.1) is 11.3 Å². The van der Waals surface area contributed by atoms with Crippen LogP contribution in [0.25, 0.3) is 0 Å². The van der Waals surface area contributed by atoms with Crippen molar-refractivity contribution in [3.8, 4) is 0 Å². The third-order valence-electron chi connectivity index (χ3n) is 3.38.